The van der Waals surface area contributed by atoms with Crippen LogP contribution in [0.3, 0.4) is 0 Å². The fourth-order valence-electron chi connectivity index (χ4n) is 9.01. The number of hydrogen-bond donors (Lipinski definition) is 3. The van der Waals surface area contributed by atoms with E-state index in [0.29, 0.717) is 81.0 Å². The van der Waals surface area contributed by atoms with Gasteiger partial charge in [0.1, 0.15) is 5.82 Å². The van der Waals surface area contributed by atoms with Crippen LogP contribution in [-0.2, 0) is 14.6 Å². The third-order valence-electron chi connectivity index (χ3n) is 12.4. The molecule has 0 spiro atoms. The van der Waals surface area contributed by atoms with E-state index in [4.69, 9.17) is 5.73 Å². The largest absolute Gasteiger partial charge is 0.370 e. The van der Waals surface area contributed by atoms with Crippen molar-refractivity contribution < 1.29 is 32.0 Å². The van der Waals surface area contributed by atoms with Gasteiger partial charge in [-0.1, -0.05) is 0 Å². The van der Waals surface area contributed by atoms with Crippen LogP contribution < -0.4 is 36.0 Å². The van der Waals surface area contributed by atoms with Gasteiger partial charge in [0.2, 0.25) is 11.9 Å². The van der Waals surface area contributed by atoms with Gasteiger partial charge in [-0.3, -0.25) is 24.7 Å². The summed E-state index contributed by atoms with van der Waals surface area (Å²) in [7, 11) is -1.83. The van der Waals surface area contributed by atoms with E-state index in [2.05, 4.69) is 35.6 Å². The molecule has 1 unspecified atom stereocenters. The van der Waals surface area contributed by atoms with Gasteiger partial charge in [0, 0.05) is 110 Å². The first-order valence-corrected chi connectivity index (χ1v) is 22.7. The topological polar surface area (TPSA) is 214 Å². The molecule has 0 saturated carbocycles. The molecule has 0 bridgehead atoms. The van der Waals surface area contributed by atoms with Gasteiger partial charge >= 0.3 is 12.1 Å². The van der Waals surface area contributed by atoms with Gasteiger partial charge in [0.05, 0.1) is 22.3 Å². The number of likely N-dealkylation sites (N-methyl/N-ethyl adjacent to an activating group) is 1. The Hall–Kier alpha value is -5.83. The summed E-state index contributed by atoms with van der Waals surface area (Å²) in [5.41, 5.74) is 7.33. The third kappa shape index (κ3) is 9.12. The molecule has 5 aliphatic rings. The Labute approximate surface area is 353 Å². The van der Waals surface area contributed by atoms with E-state index in [1.165, 1.54) is 23.3 Å². The predicted molar refractivity (Wildman–Crippen MR) is 227 cm³/mol. The van der Waals surface area contributed by atoms with Crippen molar-refractivity contribution in [1.29, 1.82) is 0 Å². The Morgan fingerprint density at radius 3 is 2.30 bits per heavy atom. The Kier molecular flexibility index (Phi) is 11.9. The first kappa shape index (κ1) is 41.9. The van der Waals surface area contributed by atoms with Crippen molar-refractivity contribution in [2.45, 2.75) is 43.0 Å². The van der Waals surface area contributed by atoms with Crippen molar-refractivity contribution in [1.82, 2.24) is 35.2 Å². The number of nitrogens with one attached hydrogen (secondary N) is 2. The van der Waals surface area contributed by atoms with E-state index in [1.54, 1.807) is 36.2 Å². The van der Waals surface area contributed by atoms with Crippen molar-refractivity contribution in [2.75, 3.05) is 117 Å². The molecule has 61 heavy (non-hydrogen) atoms. The van der Waals surface area contributed by atoms with E-state index < -0.39 is 27.6 Å². The quantitative estimate of drug-likeness (QED) is 0.252. The van der Waals surface area contributed by atoms with Crippen molar-refractivity contribution >= 4 is 68.2 Å². The Bertz CT molecular complexity index is 2300. The number of carbonyl (C=O) groups excluding carboxylic acids is 4. The number of primary amides is 1. The molecule has 0 radical (unpaired) electrons. The highest BCUT2D eigenvalue weighted by Gasteiger charge is 2.36. The summed E-state index contributed by atoms with van der Waals surface area (Å²) in [4.78, 5) is 67.2. The number of anilines is 6. The van der Waals surface area contributed by atoms with Crippen LogP contribution in [0.15, 0.2) is 41.3 Å². The van der Waals surface area contributed by atoms with E-state index in [1.807, 2.05) is 14.7 Å². The molecule has 2 aromatic carbocycles. The second-order valence-electron chi connectivity index (χ2n) is 16.5. The molecule has 3 aromatic rings. The maximum atomic E-state index is 15.8. The first-order valence-electron chi connectivity index (χ1n) is 20.8. The monoisotopic (exact) mass is 861 g/mol. The number of aromatic nitrogens is 3. The van der Waals surface area contributed by atoms with E-state index in [9.17, 15) is 27.6 Å². The van der Waals surface area contributed by atoms with E-state index in [-0.39, 0.29) is 53.3 Å². The number of halogens is 1. The highest BCUT2D eigenvalue weighted by atomic mass is 32.2. The number of benzene rings is 2. The number of piperidine rings is 2. The maximum Gasteiger partial charge on any atom is 0.328 e. The zero-order valence-corrected chi connectivity index (χ0v) is 35.2. The summed E-state index contributed by atoms with van der Waals surface area (Å²) in [5.74, 6) is -0.839. The van der Waals surface area contributed by atoms with Gasteiger partial charge in [-0.15, -0.1) is 10.2 Å². The average Bonchev–Trinajstić information content (AvgIpc) is 3.58. The first-order chi connectivity index (χ1) is 29.2. The molecule has 4 N–H and O–H groups in total. The van der Waals surface area contributed by atoms with Gasteiger partial charge < -0.3 is 35.6 Å². The van der Waals surface area contributed by atoms with Crippen LogP contribution in [0, 0.1) is 11.7 Å². The minimum Gasteiger partial charge on any atom is -0.370 e. The van der Waals surface area contributed by atoms with Crippen LogP contribution in [-0.4, -0.2) is 160 Å². The second kappa shape index (κ2) is 17.3. The van der Waals surface area contributed by atoms with Gasteiger partial charge in [-0.25, -0.2) is 22.4 Å². The Morgan fingerprint density at radius 2 is 1.62 bits per heavy atom. The smallest absolute Gasteiger partial charge is 0.328 e. The van der Waals surface area contributed by atoms with Crippen LogP contribution in [0.1, 0.15) is 42.6 Å². The van der Waals surface area contributed by atoms with E-state index >= 15 is 4.39 Å². The molecule has 326 valence electrons. The lowest BCUT2D eigenvalue weighted by Gasteiger charge is -2.40. The van der Waals surface area contributed by atoms with Crippen LogP contribution >= 0.6 is 0 Å². The summed E-state index contributed by atoms with van der Waals surface area (Å²) in [6.07, 6.45) is 4.74. The molecule has 1 aromatic heterocycles. The van der Waals surface area contributed by atoms with Crippen molar-refractivity contribution in [3.63, 3.8) is 0 Å². The molecule has 5 fully saturated rings. The molecule has 6 amide bonds. The number of imide groups is 1. The van der Waals surface area contributed by atoms with Crippen LogP contribution in [0.25, 0.3) is 0 Å². The van der Waals surface area contributed by atoms with Gasteiger partial charge in [-0.05, 0) is 68.0 Å². The molecule has 19 nitrogen and oxygen atoms in total. The molecule has 5 aliphatic heterocycles. The zero-order chi connectivity index (χ0) is 43.0. The standard InChI is InChI=1S/C40H52FN13O6S/c1-48-16-21-54(40(48)58)29-4-3-12-52(25-29)38-45-37(35(36(42)56)46-47-38)43-27-5-7-31(30(41)22-27)51-19-17-49(18-20-51)24-26-9-13-50(14-10-26)32-8-6-28(23-33(32)61(2,59)60)53-15-11-34(55)44-39(53)57/h5-8,22-23,26,29H,3-4,9-21,24-25H2,1-2H3,(H2,42,56)(H,43,45,47)(H,44,55,57). The van der Waals surface area contributed by atoms with Crippen molar-refractivity contribution in [3.05, 3.63) is 47.9 Å². The molecule has 21 heteroatoms. The van der Waals surface area contributed by atoms with Gasteiger partial charge in [0.25, 0.3) is 5.91 Å². The minimum absolute atomic E-state index is 0.000918. The molecule has 8 rings (SSSR count). The number of rotatable bonds is 11. The number of sulfone groups is 1. The van der Waals surface area contributed by atoms with Gasteiger partial charge in [-0.2, -0.15) is 4.98 Å². The predicted octanol–water partition coefficient (Wildman–Crippen LogP) is 2.08. The number of hydrogen-bond acceptors (Lipinski definition) is 14. The highest BCUT2D eigenvalue weighted by molar-refractivity contribution is 7.90. The summed E-state index contributed by atoms with van der Waals surface area (Å²) in [5, 5.41) is 13.6. The lowest BCUT2D eigenvalue weighted by Crippen LogP contribution is -2.49. The number of carbonyl (C=O) groups is 4. The Balaban J connectivity index is 0.848. The number of nitrogens with two attached hydrogens (primary N) is 1. The molecule has 1 atom stereocenters. The van der Waals surface area contributed by atoms with Crippen LogP contribution in [0.5, 0.6) is 0 Å². The third-order valence-corrected chi connectivity index (χ3v) is 13.5. The SMILES string of the molecule is CN1CCN(C2CCCN(c3nnc(C(N)=O)c(Nc4ccc(N5CCN(CC6CCN(c7ccc(N8CCC(=O)NC8=O)cc7S(C)(=O)=O)CC6)CC5)c(F)c4)n3)C2)C1=O. The fourth-order valence-corrected chi connectivity index (χ4v) is 9.92. The van der Waals surface area contributed by atoms with Crippen LogP contribution in [0.2, 0.25) is 0 Å². The van der Waals surface area contributed by atoms with Gasteiger partial charge in [0.15, 0.2) is 21.3 Å². The molecular weight excluding hydrogens is 810 g/mol. The van der Waals surface area contributed by atoms with Crippen LogP contribution in [0.4, 0.5) is 48.5 Å². The summed E-state index contributed by atoms with van der Waals surface area (Å²) in [6.45, 7) is 7.72. The Morgan fingerprint density at radius 1 is 0.885 bits per heavy atom. The number of piperazine rings is 1. The zero-order valence-electron chi connectivity index (χ0n) is 34.4. The fraction of sp³-hybridized carbons (Fsp3) is 0.525. The molecule has 5 saturated heterocycles. The summed E-state index contributed by atoms with van der Waals surface area (Å²) < 4.78 is 41.6. The average molecular weight is 862 g/mol. The minimum atomic E-state index is -3.62. The number of amides is 6. The maximum absolute atomic E-state index is 15.8. The molecule has 0 aliphatic carbocycles. The number of urea groups is 2. The number of nitrogens with zero attached hydrogens (tertiary/aromatic N) is 10. The lowest BCUT2D eigenvalue weighted by atomic mass is 9.95. The molecular formula is C40H52FN13O6S. The molecule has 6 heterocycles. The normalized spacial score (nSPS) is 21.0. The van der Waals surface area contributed by atoms with E-state index in [0.717, 1.165) is 45.3 Å². The second-order valence-corrected chi connectivity index (χ2v) is 18.5. The highest BCUT2D eigenvalue weighted by Crippen LogP contribution is 2.34. The lowest BCUT2D eigenvalue weighted by molar-refractivity contribution is -0.120. The van der Waals surface area contributed by atoms with Crippen molar-refractivity contribution in [3.8, 4) is 0 Å². The summed E-state index contributed by atoms with van der Waals surface area (Å²) in [6, 6.07) is 9.24. The summed E-state index contributed by atoms with van der Waals surface area (Å²) >= 11 is 0. The van der Waals surface area contributed by atoms with Crippen molar-refractivity contribution in [2.24, 2.45) is 11.7 Å².